The van der Waals surface area contributed by atoms with Crippen LogP contribution in [0.1, 0.15) is 25.7 Å². The molecule has 0 amide bonds. The normalized spacial score (nSPS) is 28.2. The highest BCUT2D eigenvalue weighted by Crippen LogP contribution is 2.24. The van der Waals surface area contributed by atoms with Gasteiger partial charge in [0.2, 0.25) is 0 Å². The Morgan fingerprint density at radius 1 is 1.58 bits per heavy atom. The quantitative estimate of drug-likeness (QED) is 0.508. The van der Waals surface area contributed by atoms with Crippen LogP contribution < -0.4 is 5.32 Å². The van der Waals surface area contributed by atoms with Gasteiger partial charge in [0.15, 0.2) is 0 Å². The van der Waals surface area contributed by atoms with Crippen LogP contribution in [0.4, 0.5) is 0 Å². The molecule has 2 unspecified atom stereocenters. The molecule has 1 fully saturated rings. The number of nitriles is 1. The van der Waals surface area contributed by atoms with Crippen LogP contribution >= 0.6 is 0 Å². The van der Waals surface area contributed by atoms with Crippen molar-refractivity contribution in [1.29, 1.82) is 5.26 Å². The first-order valence-electron chi connectivity index (χ1n) is 4.62. The predicted molar refractivity (Wildman–Crippen MR) is 49.6 cm³/mol. The summed E-state index contributed by atoms with van der Waals surface area (Å²) in [5.41, 5.74) is 0. The molecular weight excluding hydrogens is 148 g/mol. The summed E-state index contributed by atoms with van der Waals surface area (Å²) in [6.07, 6.45) is 6.33. The minimum absolute atomic E-state index is 0.245. The van der Waals surface area contributed by atoms with E-state index in [0.29, 0.717) is 6.04 Å². The number of nitrogens with one attached hydrogen (secondary N) is 1. The molecular formula is C10H16N2. The van der Waals surface area contributed by atoms with E-state index in [1.165, 1.54) is 6.42 Å². The Bertz CT molecular complexity index is 181. The van der Waals surface area contributed by atoms with Crippen LogP contribution in [-0.2, 0) is 0 Å². The Labute approximate surface area is 74.3 Å². The summed E-state index contributed by atoms with van der Waals surface area (Å²) in [6, 6.07) is 2.79. The fourth-order valence-corrected chi connectivity index (χ4v) is 1.73. The van der Waals surface area contributed by atoms with Crippen LogP contribution in [0.3, 0.4) is 0 Å². The molecule has 12 heavy (non-hydrogen) atoms. The summed E-state index contributed by atoms with van der Waals surface area (Å²) in [6.45, 7) is 4.62. The van der Waals surface area contributed by atoms with Gasteiger partial charge in [0.25, 0.3) is 0 Å². The van der Waals surface area contributed by atoms with Gasteiger partial charge < -0.3 is 5.32 Å². The van der Waals surface area contributed by atoms with Gasteiger partial charge in [-0.2, -0.15) is 5.26 Å². The van der Waals surface area contributed by atoms with Crippen LogP contribution in [0.5, 0.6) is 0 Å². The number of rotatable bonds is 4. The van der Waals surface area contributed by atoms with E-state index in [1.807, 2.05) is 6.08 Å². The molecule has 0 radical (unpaired) electrons. The summed E-state index contributed by atoms with van der Waals surface area (Å²) in [5, 5.41) is 12.2. The van der Waals surface area contributed by atoms with Crippen molar-refractivity contribution < 1.29 is 0 Å². The van der Waals surface area contributed by atoms with Crippen LogP contribution in [0.2, 0.25) is 0 Å². The highest BCUT2D eigenvalue weighted by atomic mass is 14.9. The lowest BCUT2D eigenvalue weighted by molar-refractivity contribution is 0.470. The topological polar surface area (TPSA) is 35.8 Å². The molecule has 1 saturated carbocycles. The van der Waals surface area contributed by atoms with Crippen LogP contribution in [0.25, 0.3) is 0 Å². The first-order chi connectivity index (χ1) is 5.88. The maximum Gasteiger partial charge on any atom is 0.0672 e. The second kappa shape index (κ2) is 4.95. The number of hydrogen-bond donors (Lipinski definition) is 1. The maximum absolute atomic E-state index is 8.78. The SMILES string of the molecule is C=CCCNC1CCCC1C#N. The molecule has 0 aromatic rings. The van der Waals surface area contributed by atoms with Gasteiger partial charge in [0.05, 0.1) is 12.0 Å². The lowest BCUT2D eigenvalue weighted by Gasteiger charge is -2.14. The van der Waals surface area contributed by atoms with E-state index in [4.69, 9.17) is 5.26 Å². The minimum atomic E-state index is 0.245. The summed E-state index contributed by atoms with van der Waals surface area (Å²) in [4.78, 5) is 0. The molecule has 0 aromatic heterocycles. The fourth-order valence-electron chi connectivity index (χ4n) is 1.73. The molecule has 1 aliphatic rings. The smallest absolute Gasteiger partial charge is 0.0672 e. The van der Waals surface area contributed by atoms with Crippen molar-refractivity contribution in [2.45, 2.75) is 31.7 Å². The van der Waals surface area contributed by atoms with E-state index in [9.17, 15) is 0 Å². The van der Waals surface area contributed by atoms with E-state index in [2.05, 4.69) is 18.0 Å². The molecule has 0 bridgehead atoms. The van der Waals surface area contributed by atoms with E-state index in [-0.39, 0.29) is 5.92 Å². The molecule has 66 valence electrons. The van der Waals surface area contributed by atoms with Crippen molar-refractivity contribution in [3.63, 3.8) is 0 Å². The van der Waals surface area contributed by atoms with E-state index < -0.39 is 0 Å². The highest BCUT2D eigenvalue weighted by molar-refractivity contribution is 4.96. The second-order valence-electron chi connectivity index (χ2n) is 3.30. The van der Waals surface area contributed by atoms with Crippen molar-refractivity contribution in [1.82, 2.24) is 5.32 Å². The van der Waals surface area contributed by atoms with E-state index in [1.54, 1.807) is 0 Å². The monoisotopic (exact) mass is 164 g/mol. The van der Waals surface area contributed by atoms with Gasteiger partial charge in [0.1, 0.15) is 0 Å². The summed E-state index contributed by atoms with van der Waals surface area (Å²) >= 11 is 0. The van der Waals surface area contributed by atoms with Gasteiger partial charge in [0, 0.05) is 6.04 Å². The molecule has 2 nitrogen and oxygen atoms in total. The Kier molecular flexibility index (Phi) is 3.83. The number of nitrogens with zero attached hydrogens (tertiary/aromatic N) is 1. The average Bonchev–Trinajstić information content (AvgIpc) is 2.52. The molecule has 1 aliphatic carbocycles. The van der Waals surface area contributed by atoms with Crippen molar-refractivity contribution >= 4 is 0 Å². The van der Waals surface area contributed by atoms with Crippen molar-refractivity contribution in [3.05, 3.63) is 12.7 Å². The molecule has 0 aromatic carbocycles. The van der Waals surface area contributed by atoms with Gasteiger partial charge in [-0.3, -0.25) is 0 Å². The Balaban J connectivity index is 2.22. The molecule has 2 heteroatoms. The van der Waals surface area contributed by atoms with Gasteiger partial charge in [-0.05, 0) is 25.8 Å². The summed E-state index contributed by atoms with van der Waals surface area (Å²) in [5.74, 6) is 0.245. The first-order valence-corrected chi connectivity index (χ1v) is 4.62. The molecule has 0 spiro atoms. The third-order valence-electron chi connectivity index (χ3n) is 2.44. The highest BCUT2D eigenvalue weighted by Gasteiger charge is 2.25. The first kappa shape index (κ1) is 9.28. The van der Waals surface area contributed by atoms with Crippen molar-refractivity contribution in [3.8, 4) is 6.07 Å². The third-order valence-corrected chi connectivity index (χ3v) is 2.44. The van der Waals surface area contributed by atoms with Crippen LogP contribution in [-0.4, -0.2) is 12.6 Å². The second-order valence-corrected chi connectivity index (χ2v) is 3.30. The maximum atomic E-state index is 8.78. The molecule has 1 N–H and O–H groups in total. The Morgan fingerprint density at radius 3 is 3.08 bits per heavy atom. The standard InChI is InChI=1S/C10H16N2/c1-2-3-7-12-10-6-4-5-9(10)8-11/h2,9-10,12H,1,3-7H2. The Morgan fingerprint density at radius 2 is 2.42 bits per heavy atom. The van der Waals surface area contributed by atoms with Crippen molar-refractivity contribution in [2.24, 2.45) is 5.92 Å². The molecule has 0 saturated heterocycles. The zero-order chi connectivity index (χ0) is 8.81. The zero-order valence-corrected chi connectivity index (χ0v) is 7.42. The molecule has 0 aliphatic heterocycles. The molecule has 2 atom stereocenters. The zero-order valence-electron chi connectivity index (χ0n) is 7.42. The third kappa shape index (κ3) is 2.35. The lowest BCUT2D eigenvalue weighted by atomic mass is 10.1. The Hall–Kier alpha value is -0.810. The van der Waals surface area contributed by atoms with E-state index >= 15 is 0 Å². The van der Waals surface area contributed by atoms with Crippen LogP contribution in [0.15, 0.2) is 12.7 Å². The largest absolute Gasteiger partial charge is 0.312 e. The predicted octanol–water partition coefficient (Wildman–Crippen LogP) is 1.84. The van der Waals surface area contributed by atoms with Gasteiger partial charge >= 0.3 is 0 Å². The van der Waals surface area contributed by atoms with E-state index in [0.717, 1.165) is 25.8 Å². The van der Waals surface area contributed by atoms with Gasteiger partial charge in [-0.1, -0.05) is 12.5 Å². The average molecular weight is 164 g/mol. The summed E-state index contributed by atoms with van der Waals surface area (Å²) in [7, 11) is 0. The van der Waals surface area contributed by atoms with Gasteiger partial charge in [-0.15, -0.1) is 6.58 Å². The fraction of sp³-hybridized carbons (Fsp3) is 0.700. The van der Waals surface area contributed by atoms with Gasteiger partial charge in [-0.25, -0.2) is 0 Å². The molecule has 1 rings (SSSR count). The number of hydrogen-bond acceptors (Lipinski definition) is 2. The summed E-state index contributed by atoms with van der Waals surface area (Å²) < 4.78 is 0. The minimum Gasteiger partial charge on any atom is -0.312 e. The molecule has 0 heterocycles. The van der Waals surface area contributed by atoms with Crippen LogP contribution in [0, 0.1) is 17.2 Å². The lowest BCUT2D eigenvalue weighted by Crippen LogP contribution is -2.32. The van der Waals surface area contributed by atoms with Crippen molar-refractivity contribution in [2.75, 3.05) is 6.54 Å².